The molecule has 2 amide bonds. The number of fused-ring (bicyclic) bond motifs is 3. The van der Waals surface area contributed by atoms with Crippen LogP contribution >= 0.6 is 0 Å². The van der Waals surface area contributed by atoms with Gasteiger partial charge in [-0.2, -0.15) is 0 Å². The second kappa shape index (κ2) is 10.2. The number of nitrogens with zero attached hydrogens (tertiary/aromatic N) is 4. The Morgan fingerprint density at radius 2 is 1.72 bits per heavy atom. The molecule has 1 atom stereocenters. The van der Waals surface area contributed by atoms with Gasteiger partial charge in [0.05, 0.1) is 17.4 Å². The van der Waals surface area contributed by atoms with E-state index in [1.807, 2.05) is 58.0 Å². The Morgan fingerprint density at radius 1 is 1.00 bits per heavy atom. The lowest BCUT2D eigenvalue weighted by molar-refractivity contribution is -0.122. The molecule has 10 nitrogen and oxygen atoms in total. The molecule has 4 rings (SSSR count). The van der Waals surface area contributed by atoms with Gasteiger partial charge in [-0.3, -0.25) is 19.0 Å². The number of carbonyl (C=O) groups excluding carboxylic acids is 2. The Hall–Kier alpha value is -4.21. The highest BCUT2D eigenvalue weighted by Gasteiger charge is 2.20. The highest BCUT2D eigenvalue weighted by molar-refractivity contribution is 5.98. The lowest BCUT2D eigenvalue weighted by Gasteiger charge is -2.13. The van der Waals surface area contributed by atoms with Gasteiger partial charge in [-0.1, -0.05) is 37.3 Å². The summed E-state index contributed by atoms with van der Waals surface area (Å²) in [6, 6.07) is 13.9. The predicted molar refractivity (Wildman–Crippen MR) is 137 cm³/mol. The summed E-state index contributed by atoms with van der Waals surface area (Å²) in [5.74, 6) is -0.576. The number of carbonyl (C=O) groups is 2. The van der Waals surface area contributed by atoms with E-state index in [2.05, 4.69) is 15.7 Å². The molecule has 0 spiro atoms. The normalized spacial score (nSPS) is 12.2. The van der Waals surface area contributed by atoms with Crippen molar-refractivity contribution in [3.05, 3.63) is 80.5 Å². The van der Waals surface area contributed by atoms with Crippen LogP contribution in [0.3, 0.4) is 0 Å². The first kappa shape index (κ1) is 24.9. The summed E-state index contributed by atoms with van der Waals surface area (Å²) in [5.41, 5.74) is 0.511. The van der Waals surface area contributed by atoms with Gasteiger partial charge in [0.25, 0.3) is 11.5 Å². The molecule has 0 bridgehead atoms. The summed E-state index contributed by atoms with van der Waals surface area (Å²) in [5, 5.41) is 10.3. The van der Waals surface area contributed by atoms with E-state index in [0.29, 0.717) is 5.56 Å². The maximum absolute atomic E-state index is 13.6. The van der Waals surface area contributed by atoms with Gasteiger partial charge >= 0.3 is 5.69 Å². The topological polar surface area (TPSA) is 120 Å². The van der Waals surface area contributed by atoms with Crippen LogP contribution in [-0.4, -0.2) is 42.6 Å². The quantitative estimate of drug-likeness (QED) is 0.391. The Kier molecular flexibility index (Phi) is 7.05. The third-order valence-corrected chi connectivity index (χ3v) is 5.96. The number of rotatable bonds is 8. The average Bonchev–Trinajstić information content (AvgIpc) is 3.16. The lowest BCUT2D eigenvalue weighted by atomic mass is 10.1. The first-order valence-corrected chi connectivity index (χ1v) is 12.0. The van der Waals surface area contributed by atoms with Crippen LogP contribution in [0.25, 0.3) is 16.7 Å². The summed E-state index contributed by atoms with van der Waals surface area (Å²) in [6.45, 7) is 7.39. The Balaban J connectivity index is 1.94. The number of aromatic nitrogens is 4. The molecule has 0 aliphatic carbocycles. The third-order valence-electron chi connectivity index (χ3n) is 5.96. The first-order valence-electron chi connectivity index (χ1n) is 12.0. The highest BCUT2D eigenvalue weighted by Crippen LogP contribution is 2.15. The second-order valence-corrected chi connectivity index (χ2v) is 9.19. The molecule has 188 valence electrons. The van der Waals surface area contributed by atoms with Crippen molar-refractivity contribution in [1.29, 1.82) is 0 Å². The number of amides is 2. The smallest absolute Gasteiger partial charge is 0.352 e. The van der Waals surface area contributed by atoms with Crippen LogP contribution < -0.4 is 21.9 Å². The molecule has 10 heteroatoms. The van der Waals surface area contributed by atoms with Gasteiger partial charge in [-0.05, 0) is 51.0 Å². The van der Waals surface area contributed by atoms with Crippen molar-refractivity contribution in [3.8, 4) is 0 Å². The van der Waals surface area contributed by atoms with Gasteiger partial charge < -0.3 is 10.6 Å². The molecule has 1 unspecified atom stereocenters. The van der Waals surface area contributed by atoms with Crippen LogP contribution in [0.1, 0.15) is 50.0 Å². The zero-order valence-corrected chi connectivity index (χ0v) is 20.8. The zero-order chi connectivity index (χ0) is 26.0. The minimum Gasteiger partial charge on any atom is -0.352 e. The molecule has 2 aromatic heterocycles. The average molecular weight is 491 g/mol. The summed E-state index contributed by atoms with van der Waals surface area (Å²) >= 11 is 0. The summed E-state index contributed by atoms with van der Waals surface area (Å²) in [6.07, 6.45) is 0.762. The second-order valence-electron chi connectivity index (χ2n) is 9.19. The summed E-state index contributed by atoms with van der Waals surface area (Å²) in [7, 11) is 0. The summed E-state index contributed by atoms with van der Waals surface area (Å²) in [4.78, 5) is 52.2. The fourth-order valence-electron chi connectivity index (χ4n) is 3.98. The maximum atomic E-state index is 13.6. The zero-order valence-electron chi connectivity index (χ0n) is 20.8. The fourth-order valence-corrected chi connectivity index (χ4v) is 3.98. The van der Waals surface area contributed by atoms with Crippen molar-refractivity contribution in [2.24, 2.45) is 0 Å². The summed E-state index contributed by atoms with van der Waals surface area (Å²) < 4.78 is 3.75. The standard InChI is InChI=1S/C26H30N6O4/c1-5-17(4)28-23(34)19-11-12-20-21(13-19)32-25(29-31(26(32)36)15-22(33)27-16(2)3)30(24(20)35)14-18-9-7-6-8-10-18/h6-13,16-17H,5,14-15H2,1-4H3,(H,27,33)(H,28,34). The monoisotopic (exact) mass is 490 g/mol. The van der Waals surface area contributed by atoms with Crippen LogP contribution in [0, 0.1) is 0 Å². The number of benzene rings is 2. The van der Waals surface area contributed by atoms with Gasteiger partial charge in [0.1, 0.15) is 6.54 Å². The predicted octanol–water partition coefficient (Wildman–Crippen LogP) is 1.91. The number of nitrogens with one attached hydrogen (secondary N) is 2. The molecule has 0 fully saturated rings. The Bertz CT molecular complexity index is 1550. The van der Waals surface area contributed by atoms with Crippen molar-refractivity contribution >= 4 is 28.5 Å². The van der Waals surface area contributed by atoms with Crippen molar-refractivity contribution in [2.45, 2.75) is 59.3 Å². The van der Waals surface area contributed by atoms with Gasteiger partial charge in [-0.15, -0.1) is 5.10 Å². The molecular weight excluding hydrogens is 460 g/mol. The van der Waals surface area contributed by atoms with E-state index in [0.717, 1.165) is 16.7 Å². The minimum atomic E-state index is -0.574. The van der Waals surface area contributed by atoms with Crippen LogP contribution in [0.5, 0.6) is 0 Å². The molecule has 4 aromatic rings. The van der Waals surface area contributed by atoms with E-state index in [4.69, 9.17) is 0 Å². The van der Waals surface area contributed by atoms with Gasteiger partial charge in [0.2, 0.25) is 11.7 Å². The highest BCUT2D eigenvalue weighted by atomic mass is 16.2. The van der Waals surface area contributed by atoms with Gasteiger partial charge in [-0.25, -0.2) is 13.9 Å². The largest absolute Gasteiger partial charge is 0.352 e. The molecule has 0 saturated carbocycles. The van der Waals surface area contributed by atoms with E-state index in [1.54, 1.807) is 12.1 Å². The lowest BCUT2D eigenvalue weighted by Crippen LogP contribution is -2.36. The Labute approximate surface area is 207 Å². The first-order chi connectivity index (χ1) is 17.2. The van der Waals surface area contributed by atoms with E-state index >= 15 is 0 Å². The molecule has 2 N–H and O–H groups in total. The van der Waals surface area contributed by atoms with Gasteiger partial charge in [0.15, 0.2) is 0 Å². The van der Waals surface area contributed by atoms with E-state index < -0.39 is 5.69 Å². The SMILES string of the molecule is CCC(C)NC(=O)c1ccc2c(=O)n(Cc3ccccc3)c3nn(CC(=O)NC(C)C)c(=O)n3c2c1. The minimum absolute atomic E-state index is 0.0305. The maximum Gasteiger partial charge on any atom is 0.352 e. The van der Waals surface area contributed by atoms with Crippen molar-refractivity contribution in [1.82, 2.24) is 29.4 Å². The molecule has 2 aromatic carbocycles. The van der Waals surface area contributed by atoms with Crippen molar-refractivity contribution in [2.75, 3.05) is 0 Å². The van der Waals surface area contributed by atoms with Gasteiger partial charge in [0, 0.05) is 17.6 Å². The van der Waals surface area contributed by atoms with E-state index in [9.17, 15) is 19.2 Å². The van der Waals surface area contributed by atoms with Crippen molar-refractivity contribution < 1.29 is 9.59 Å². The van der Waals surface area contributed by atoms with E-state index in [1.165, 1.54) is 15.0 Å². The van der Waals surface area contributed by atoms with Crippen LogP contribution in [0.15, 0.2) is 58.1 Å². The molecule has 0 radical (unpaired) electrons. The van der Waals surface area contributed by atoms with E-state index in [-0.39, 0.29) is 59.2 Å². The van der Waals surface area contributed by atoms with Crippen LogP contribution in [0.2, 0.25) is 0 Å². The van der Waals surface area contributed by atoms with Crippen LogP contribution in [0.4, 0.5) is 0 Å². The number of hydrogen-bond donors (Lipinski definition) is 2. The molecular formula is C26H30N6O4. The molecule has 0 saturated heterocycles. The number of hydrogen-bond acceptors (Lipinski definition) is 5. The molecule has 36 heavy (non-hydrogen) atoms. The van der Waals surface area contributed by atoms with Crippen molar-refractivity contribution in [3.63, 3.8) is 0 Å². The third kappa shape index (κ3) is 4.93. The van der Waals surface area contributed by atoms with Crippen LogP contribution in [-0.2, 0) is 17.9 Å². The Morgan fingerprint density at radius 3 is 2.39 bits per heavy atom. The fraction of sp³-hybridized carbons (Fsp3) is 0.346. The molecule has 0 aliphatic rings. The molecule has 2 heterocycles. The molecule has 0 aliphatic heterocycles.